The molecule has 7 heteroatoms. The number of halogens is 1. The van der Waals surface area contributed by atoms with Crippen molar-refractivity contribution in [3.05, 3.63) is 77.4 Å². The Labute approximate surface area is 181 Å². The first-order valence-electron chi connectivity index (χ1n) is 10.4. The van der Waals surface area contributed by atoms with Gasteiger partial charge in [-0.15, -0.1) is 0 Å². The van der Waals surface area contributed by atoms with E-state index in [1.165, 1.54) is 12.1 Å². The maximum atomic E-state index is 13.5. The predicted octanol–water partition coefficient (Wildman–Crippen LogP) is 3.97. The summed E-state index contributed by atoms with van der Waals surface area (Å²) in [5.74, 6) is 1.75. The molecule has 0 unspecified atom stereocenters. The van der Waals surface area contributed by atoms with E-state index in [9.17, 15) is 4.39 Å². The molecule has 0 radical (unpaired) electrons. The molecule has 0 saturated carbocycles. The van der Waals surface area contributed by atoms with Gasteiger partial charge in [0.05, 0.1) is 13.7 Å². The molecule has 31 heavy (non-hydrogen) atoms. The second kappa shape index (κ2) is 9.94. The van der Waals surface area contributed by atoms with Crippen LogP contribution in [0.3, 0.4) is 0 Å². The van der Waals surface area contributed by atoms with Crippen LogP contribution in [0.4, 0.5) is 4.39 Å². The van der Waals surface area contributed by atoms with E-state index in [-0.39, 0.29) is 17.7 Å². The highest BCUT2D eigenvalue weighted by molar-refractivity contribution is 5.43. The number of H-pyrrole nitrogens is 1. The summed E-state index contributed by atoms with van der Waals surface area (Å²) >= 11 is 0. The van der Waals surface area contributed by atoms with Crippen molar-refractivity contribution in [3.63, 3.8) is 0 Å². The number of rotatable bonds is 9. The van der Waals surface area contributed by atoms with Gasteiger partial charge in [-0.05, 0) is 41.5 Å². The number of likely N-dealkylation sites (tertiary alicyclic amines) is 1. The highest BCUT2D eigenvalue weighted by Crippen LogP contribution is 2.40. The zero-order valence-electron chi connectivity index (χ0n) is 17.9. The SMILES string of the molecule is COCCOc1ccc(CN2C[C@@H](c3ccc(F)cc3)[C@H](c3ccn[nH]3)C2)cc1OC. The van der Waals surface area contributed by atoms with Gasteiger partial charge in [0.1, 0.15) is 12.4 Å². The third-order valence-electron chi connectivity index (χ3n) is 5.79. The lowest BCUT2D eigenvalue weighted by Gasteiger charge is -2.18. The zero-order valence-corrected chi connectivity index (χ0v) is 17.9. The lowest BCUT2D eigenvalue weighted by atomic mass is 9.87. The van der Waals surface area contributed by atoms with Gasteiger partial charge in [0.2, 0.25) is 0 Å². The standard InChI is InChI=1S/C24H28FN3O3/c1-29-11-12-31-23-8-3-17(13-24(23)30-2)14-28-15-20(18-4-6-19(25)7-5-18)21(16-28)22-9-10-26-27-22/h3-10,13,20-21H,11-12,14-16H2,1-2H3,(H,26,27)/t20-,21+/m0/s1. The van der Waals surface area contributed by atoms with Crippen molar-refractivity contribution >= 4 is 0 Å². The molecule has 164 valence electrons. The monoisotopic (exact) mass is 425 g/mol. The van der Waals surface area contributed by atoms with Crippen LogP contribution in [0.5, 0.6) is 11.5 Å². The van der Waals surface area contributed by atoms with Crippen molar-refractivity contribution < 1.29 is 18.6 Å². The fourth-order valence-electron chi connectivity index (χ4n) is 4.27. The summed E-state index contributed by atoms with van der Waals surface area (Å²) in [4.78, 5) is 2.42. The molecule has 2 atom stereocenters. The number of hydrogen-bond acceptors (Lipinski definition) is 5. The smallest absolute Gasteiger partial charge is 0.161 e. The molecule has 4 rings (SSSR count). The van der Waals surface area contributed by atoms with Gasteiger partial charge in [0.15, 0.2) is 11.5 Å². The highest BCUT2D eigenvalue weighted by Gasteiger charge is 2.35. The topological polar surface area (TPSA) is 59.6 Å². The van der Waals surface area contributed by atoms with E-state index < -0.39 is 0 Å². The summed E-state index contributed by atoms with van der Waals surface area (Å²) in [5.41, 5.74) is 3.40. The van der Waals surface area contributed by atoms with Crippen LogP contribution in [0.25, 0.3) is 0 Å². The second-order valence-corrected chi connectivity index (χ2v) is 7.80. The molecular formula is C24H28FN3O3. The van der Waals surface area contributed by atoms with Crippen LogP contribution >= 0.6 is 0 Å². The summed E-state index contributed by atoms with van der Waals surface area (Å²) in [6, 6.07) is 14.9. The average molecular weight is 426 g/mol. The first-order chi connectivity index (χ1) is 15.2. The lowest BCUT2D eigenvalue weighted by Crippen LogP contribution is -2.20. The van der Waals surface area contributed by atoms with E-state index in [0.29, 0.717) is 24.7 Å². The molecule has 2 heterocycles. The number of aromatic nitrogens is 2. The highest BCUT2D eigenvalue weighted by atomic mass is 19.1. The molecule has 3 aromatic rings. The molecule has 1 aromatic heterocycles. The van der Waals surface area contributed by atoms with Crippen LogP contribution in [-0.4, -0.2) is 55.6 Å². The zero-order chi connectivity index (χ0) is 21.6. The van der Waals surface area contributed by atoms with Crippen molar-refractivity contribution in [2.24, 2.45) is 0 Å². The average Bonchev–Trinajstić information content (AvgIpc) is 3.45. The first kappa shape index (κ1) is 21.3. The quantitative estimate of drug-likeness (QED) is 0.526. The lowest BCUT2D eigenvalue weighted by molar-refractivity contribution is 0.144. The summed E-state index contributed by atoms with van der Waals surface area (Å²) in [6.07, 6.45) is 1.78. The summed E-state index contributed by atoms with van der Waals surface area (Å²) in [5, 5.41) is 7.27. The molecule has 1 N–H and O–H groups in total. The predicted molar refractivity (Wildman–Crippen MR) is 116 cm³/mol. The Bertz CT molecular complexity index is 963. The number of aromatic amines is 1. The van der Waals surface area contributed by atoms with E-state index in [0.717, 1.165) is 36.5 Å². The molecule has 0 aliphatic carbocycles. The number of methoxy groups -OCH3 is 2. The molecule has 1 aliphatic rings. The number of hydrogen-bond donors (Lipinski definition) is 1. The van der Waals surface area contributed by atoms with Gasteiger partial charge in [-0.2, -0.15) is 5.10 Å². The minimum absolute atomic E-state index is 0.211. The molecule has 0 bridgehead atoms. The molecule has 6 nitrogen and oxygen atoms in total. The number of benzene rings is 2. The van der Waals surface area contributed by atoms with Crippen molar-refractivity contribution in [2.45, 2.75) is 18.4 Å². The molecule has 1 aliphatic heterocycles. The Morgan fingerprint density at radius 2 is 1.81 bits per heavy atom. The Hall–Kier alpha value is -2.90. The largest absolute Gasteiger partial charge is 0.493 e. The Balaban J connectivity index is 1.50. The van der Waals surface area contributed by atoms with E-state index >= 15 is 0 Å². The van der Waals surface area contributed by atoms with Crippen molar-refractivity contribution in [2.75, 3.05) is 40.5 Å². The van der Waals surface area contributed by atoms with Crippen LogP contribution in [0.1, 0.15) is 28.7 Å². The van der Waals surface area contributed by atoms with Crippen LogP contribution in [0.15, 0.2) is 54.7 Å². The van der Waals surface area contributed by atoms with Gasteiger partial charge in [0, 0.05) is 50.5 Å². The van der Waals surface area contributed by atoms with Gasteiger partial charge < -0.3 is 14.2 Å². The van der Waals surface area contributed by atoms with Gasteiger partial charge in [-0.3, -0.25) is 10.00 Å². The number of ether oxygens (including phenoxy) is 3. The van der Waals surface area contributed by atoms with Crippen LogP contribution in [0.2, 0.25) is 0 Å². The summed E-state index contributed by atoms with van der Waals surface area (Å²) in [7, 11) is 3.30. The van der Waals surface area contributed by atoms with Crippen LogP contribution in [-0.2, 0) is 11.3 Å². The molecule has 0 spiro atoms. The van der Waals surface area contributed by atoms with Gasteiger partial charge >= 0.3 is 0 Å². The Kier molecular flexibility index (Phi) is 6.84. The molecule has 0 amide bonds. The fraction of sp³-hybridized carbons (Fsp3) is 0.375. The third kappa shape index (κ3) is 5.06. The van der Waals surface area contributed by atoms with E-state index in [2.05, 4.69) is 21.2 Å². The van der Waals surface area contributed by atoms with Gasteiger partial charge in [-0.1, -0.05) is 18.2 Å². The Morgan fingerprint density at radius 3 is 2.52 bits per heavy atom. The summed E-state index contributed by atoms with van der Waals surface area (Å²) < 4.78 is 29.8. The molecule has 1 fully saturated rings. The van der Waals surface area contributed by atoms with Crippen LogP contribution < -0.4 is 9.47 Å². The van der Waals surface area contributed by atoms with E-state index in [1.807, 2.05) is 30.3 Å². The van der Waals surface area contributed by atoms with Gasteiger partial charge in [-0.25, -0.2) is 4.39 Å². The molecule has 2 aromatic carbocycles. The number of nitrogens with one attached hydrogen (secondary N) is 1. The first-order valence-corrected chi connectivity index (χ1v) is 10.4. The Morgan fingerprint density at radius 1 is 1.00 bits per heavy atom. The number of nitrogens with zero attached hydrogens (tertiary/aromatic N) is 2. The minimum Gasteiger partial charge on any atom is -0.493 e. The second-order valence-electron chi connectivity index (χ2n) is 7.80. The third-order valence-corrected chi connectivity index (χ3v) is 5.79. The van der Waals surface area contributed by atoms with Gasteiger partial charge in [0.25, 0.3) is 0 Å². The van der Waals surface area contributed by atoms with Crippen LogP contribution in [0, 0.1) is 5.82 Å². The van der Waals surface area contributed by atoms with Crippen molar-refractivity contribution in [1.29, 1.82) is 0 Å². The van der Waals surface area contributed by atoms with E-state index in [1.54, 1.807) is 20.4 Å². The van der Waals surface area contributed by atoms with E-state index in [4.69, 9.17) is 14.2 Å². The van der Waals surface area contributed by atoms with Crippen molar-refractivity contribution in [3.8, 4) is 11.5 Å². The fourth-order valence-corrected chi connectivity index (χ4v) is 4.27. The molecular weight excluding hydrogens is 397 g/mol. The maximum absolute atomic E-state index is 13.5. The normalized spacial score (nSPS) is 18.9. The van der Waals surface area contributed by atoms with Crippen molar-refractivity contribution in [1.82, 2.24) is 15.1 Å². The minimum atomic E-state index is -0.211. The molecule has 1 saturated heterocycles. The maximum Gasteiger partial charge on any atom is 0.161 e. The summed E-state index contributed by atoms with van der Waals surface area (Å²) in [6.45, 7) is 3.56.